The molecule has 0 saturated carbocycles. The Hall–Kier alpha value is -4.38. The van der Waals surface area contributed by atoms with Crippen LogP contribution in [0.5, 0.6) is 11.5 Å². The maximum Gasteiger partial charge on any atom is 0.225 e. The minimum atomic E-state index is -0.905. The number of nitrogens with zero attached hydrogens (tertiary/aromatic N) is 7. The Labute approximate surface area is 212 Å². The topological polar surface area (TPSA) is 114 Å². The molecule has 0 radical (unpaired) electrons. The molecule has 0 saturated heterocycles. The molecule has 190 valence electrons. The van der Waals surface area contributed by atoms with Gasteiger partial charge < -0.3 is 24.6 Å². The number of ether oxygens (including phenoxy) is 1. The zero-order valence-corrected chi connectivity index (χ0v) is 21.2. The third kappa shape index (κ3) is 5.12. The molecule has 0 unspecified atom stereocenters. The van der Waals surface area contributed by atoms with Gasteiger partial charge in [0, 0.05) is 38.5 Å². The van der Waals surface area contributed by atoms with Crippen LogP contribution in [0.15, 0.2) is 49.2 Å². The molecular weight excluding hydrogens is 475 g/mol. The zero-order valence-electron chi connectivity index (χ0n) is 21.2. The van der Waals surface area contributed by atoms with Crippen molar-refractivity contribution < 1.29 is 14.2 Å². The monoisotopic (exact) mass is 502 g/mol. The minimum absolute atomic E-state index is 0.354. The first-order valence-corrected chi connectivity index (χ1v) is 11.6. The van der Waals surface area contributed by atoms with Gasteiger partial charge >= 0.3 is 0 Å². The molecule has 5 rings (SSSR count). The summed E-state index contributed by atoms with van der Waals surface area (Å²) < 4.78 is 22.2. The zero-order chi connectivity index (χ0) is 26.3. The molecule has 37 heavy (non-hydrogen) atoms. The third-order valence-electron chi connectivity index (χ3n) is 5.74. The van der Waals surface area contributed by atoms with Gasteiger partial charge in [-0.05, 0) is 44.5 Å². The van der Waals surface area contributed by atoms with Gasteiger partial charge in [0.2, 0.25) is 5.95 Å². The maximum atomic E-state index is 14.5. The van der Waals surface area contributed by atoms with E-state index in [2.05, 4.69) is 30.2 Å². The number of halogens is 1. The Kier molecular flexibility index (Phi) is 6.08. The van der Waals surface area contributed by atoms with Crippen LogP contribution in [0.4, 0.5) is 21.8 Å². The second kappa shape index (κ2) is 9.25. The summed E-state index contributed by atoms with van der Waals surface area (Å²) in [4.78, 5) is 23.6. The van der Waals surface area contributed by atoms with E-state index in [9.17, 15) is 9.50 Å². The molecular formula is C26H27FN8O2. The average molecular weight is 503 g/mol. The molecule has 0 aliphatic rings. The van der Waals surface area contributed by atoms with E-state index in [0.717, 1.165) is 11.3 Å². The Morgan fingerprint density at radius 1 is 1.11 bits per heavy atom. The number of benzene rings is 2. The summed E-state index contributed by atoms with van der Waals surface area (Å²) in [6.07, 6.45) is 4.64. The fraction of sp³-hybridized carbons (Fsp3) is 0.269. The maximum absolute atomic E-state index is 14.5. The molecule has 0 atom stereocenters. The molecule has 0 bridgehead atoms. The van der Waals surface area contributed by atoms with Crippen molar-refractivity contribution in [1.82, 2.24) is 29.5 Å². The van der Waals surface area contributed by atoms with Crippen molar-refractivity contribution in [3.63, 3.8) is 0 Å². The third-order valence-corrected chi connectivity index (χ3v) is 5.74. The van der Waals surface area contributed by atoms with Gasteiger partial charge in [-0.3, -0.25) is 0 Å². The number of aromatic nitrogens is 6. The van der Waals surface area contributed by atoms with E-state index >= 15 is 0 Å². The lowest BCUT2D eigenvalue weighted by molar-refractivity contribution is 0.0883. The van der Waals surface area contributed by atoms with Gasteiger partial charge in [-0.25, -0.2) is 29.3 Å². The quantitative estimate of drug-likeness (QED) is 0.332. The van der Waals surface area contributed by atoms with Crippen molar-refractivity contribution in [2.75, 3.05) is 23.8 Å². The van der Waals surface area contributed by atoms with Crippen LogP contribution in [-0.2, 0) is 7.05 Å². The smallest absolute Gasteiger partial charge is 0.225 e. The molecule has 2 N–H and O–H groups in total. The van der Waals surface area contributed by atoms with E-state index in [4.69, 9.17) is 4.74 Å². The summed E-state index contributed by atoms with van der Waals surface area (Å²) in [5, 5.41) is 13.4. The highest BCUT2D eigenvalue weighted by molar-refractivity contribution is 5.87. The Morgan fingerprint density at radius 2 is 1.92 bits per heavy atom. The van der Waals surface area contributed by atoms with Gasteiger partial charge in [-0.1, -0.05) is 0 Å². The number of aryl methyl sites for hydroxylation is 2. The number of fused-ring (bicyclic) bond motifs is 2. The first-order chi connectivity index (χ1) is 17.6. The summed E-state index contributed by atoms with van der Waals surface area (Å²) >= 11 is 0. The molecule has 0 amide bonds. The lowest BCUT2D eigenvalue weighted by Gasteiger charge is -2.25. The first kappa shape index (κ1) is 24.3. The van der Waals surface area contributed by atoms with Crippen molar-refractivity contribution in [1.29, 1.82) is 0 Å². The van der Waals surface area contributed by atoms with E-state index in [1.165, 1.54) is 12.4 Å². The van der Waals surface area contributed by atoms with E-state index < -0.39 is 11.4 Å². The molecule has 2 aromatic carbocycles. The molecule has 10 nitrogen and oxygen atoms in total. The number of hydrogen-bond donors (Lipinski definition) is 2. The fourth-order valence-electron chi connectivity index (χ4n) is 4.15. The first-order valence-electron chi connectivity index (χ1n) is 11.6. The normalized spacial score (nSPS) is 11.8. The highest BCUT2D eigenvalue weighted by atomic mass is 19.1. The second-order valence-corrected chi connectivity index (χ2v) is 9.63. The van der Waals surface area contributed by atoms with Gasteiger partial charge in [-0.2, -0.15) is 0 Å². The van der Waals surface area contributed by atoms with Crippen LogP contribution < -0.4 is 15.0 Å². The van der Waals surface area contributed by atoms with E-state index in [1.807, 2.05) is 26.1 Å². The molecule has 11 heteroatoms. The molecule has 0 aliphatic carbocycles. The average Bonchev–Trinajstić information content (AvgIpc) is 3.20. The van der Waals surface area contributed by atoms with Crippen LogP contribution in [0.1, 0.15) is 19.4 Å². The summed E-state index contributed by atoms with van der Waals surface area (Å²) in [5.41, 5.74) is 2.79. The lowest BCUT2D eigenvalue weighted by Crippen LogP contribution is -2.37. The van der Waals surface area contributed by atoms with Gasteiger partial charge in [0.05, 0.1) is 23.6 Å². The van der Waals surface area contributed by atoms with Crippen LogP contribution in [0.25, 0.3) is 22.1 Å². The summed E-state index contributed by atoms with van der Waals surface area (Å²) in [6, 6.07) is 8.62. The largest absolute Gasteiger partial charge is 0.457 e. The van der Waals surface area contributed by atoms with Crippen LogP contribution >= 0.6 is 0 Å². The van der Waals surface area contributed by atoms with Crippen molar-refractivity contribution in [2.24, 2.45) is 7.05 Å². The van der Waals surface area contributed by atoms with Crippen molar-refractivity contribution >= 4 is 39.5 Å². The molecule has 3 aromatic heterocycles. The Balaban J connectivity index is 1.40. The van der Waals surface area contributed by atoms with Crippen LogP contribution in [0.3, 0.4) is 0 Å². The summed E-state index contributed by atoms with van der Waals surface area (Å²) in [5.74, 6) is 1.53. The van der Waals surface area contributed by atoms with Crippen LogP contribution in [0.2, 0.25) is 0 Å². The second-order valence-electron chi connectivity index (χ2n) is 9.63. The minimum Gasteiger partial charge on any atom is -0.457 e. The Morgan fingerprint density at radius 3 is 2.68 bits per heavy atom. The fourth-order valence-corrected chi connectivity index (χ4v) is 4.15. The van der Waals surface area contributed by atoms with Crippen molar-refractivity contribution in [2.45, 2.75) is 26.4 Å². The van der Waals surface area contributed by atoms with Crippen LogP contribution in [-0.4, -0.2) is 53.8 Å². The highest BCUT2D eigenvalue weighted by Crippen LogP contribution is 2.32. The number of anilines is 3. The molecule has 0 fully saturated rings. The molecule has 0 aliphatic heterocycles. The highest BCUT2D eigenvalue weighted by Gasteiger charge is 2.19. The predicted molar refractivity (Wildman–Crippen MR) is 140 cm³/mol. The predicted octanol–water partition coefficient (Wildman–Crippen LogP) is 4.50. The molecule has 3 heterocycles. The van der Waals surface area contributed by atoms with E-state index in [-0.39, 0.29) is 0 Å². The molecule has 0 spiro atoms. The Bertz CT molecular complexity index is 1610. The number of hydrogen-bond acceptors (Lipinski definition) is 9. The van der Waals surface area contributed by atoms with Crippen LogP contribution in [0, 0.1) is 12.7 Å². The van der Waals surface area contributed by atoms with Gasteiger partial charge in [0.15, 0.2) is 11.6 Å². The van der Waals surface area contributed by atoms with E-state index in [0.29, 0.717) is 51.9 Å². The summed E-state index contributed by atoms with van der Waals surface area (Å²) in [6.45, 7) is 5.71. The molecule has 5 aromatic rings. The lowest BCUT2D eigenvalue weighted by atomic mass is 10.1. The van der Waals surface area contributed by atoms with Gasteiger partial charge in [-0.15, -0.1) is 0 Å². The summed E-state index contributed by atoms with van der Waals surface area (Å²) in [7, 11) is 3.56. The number of imidazole rings is 1. The van der Waals surface area contributed by atoms with Gasteiger partial charge in [0.1, 0.15) is 34.4 Å². The number of likely N-dealkylation sites (N-methyl/N-ethyl adjacent to an activating group) is 1. The van der Waals surface area contributed by atoms with Gasteiger partial charge in [0.25, 0.3) is 0 Å². The van der Waals surface area contributed by atoms with Crippen molar-refractivity contribution in [3.05, 3.63) is 60.6 Å². The number of rotatable bonds is 7. The standard InChI is InChI=1S/C26H27FN8O2/c1-15-8-16(6-7-21(15)37-17-9-18(27)23-19(10-17)31-14-35(23)5)32-24-22-20(29-13-30-24)11-28-25(33-22)34(4)12-26(2,3)36/h6-11,13-14,36H,12H2,1-5H3,(H,29,30,32). The number of aliphatic hydroxyl groups is 1. The van der Waals surface area contributed by atoms with Crippen molar-refractivity contribution in [3.8, 4) is 11.5 Å². The number of nitrogens with one attached hydrogen (secondary N) is 1. The SMILES string of the molecule is Cc1cc(Nc2ncnc3cnc(N(C)CC(C)(C)O)nc23)ccc1Oc1cc(F)c2c(c1)ncn2C. The van der Waals surface area contributed by atoms with E-state index in [1.54, 1.807) is 55.0 Å².